The van der Waals surface area contributed by atoms with E-state index in [9.17, 15) is 8.42 Å². The molecular formula is C14H24N2O3S. The molecule has 0 aliphatic carbocycles. The van der Waals surface area contributed by atoms with Gasteiger partial charge >= 0.3 is 0 Å². The minimum atomic E-state index is -3.67. The van der Waals surface area contributed by atoms with E-state index in [1.165, 1.54) is 4.31 Å². The van der Waals surface area contributed by atoms with Crippen LogP contribution in [0.25, 0.3) is 0 Å². The fourth-order valence-corrected chi connectivity index (χ4v) is 3.94. The predicted molar refractivity (Wildman–Crippen MR) is 81.1 cm³/mol. The quantitative estimate of drug-likeness (QED) is 0.750. The highest BCUT2D eigenvalue weighted by molar-refractivity contribution is 7.89. The van der Waals surface area contributed by atoms with E-state index < -0.39 is 10.0 Å². The zero-order valence-electron chi connectivity index (χ0n) is 12.4. The number of nitrogens with two attached hydrogens (primary N) is 1. The highest BCUT2D eigenvalue weighted by Crippen LogP contribution is 2.28. The molecule has 0 atom stereocenters. The van der Waals surface area contributed by atoms with Gasteiger partial charge in [0.1, 0.15) is 4.90 Å². The molecule has 0 aliphatic rings. The molecule has 3 N–H and O–H groups in total. The lowest BCUT2D eigenvalue weighted by Crippen LogP contribution is -2.35. The molecule has 1 rings (SSSR count). The molecule has 0 saturated heterocycles. The van der Waals surface area contributed by atoms with Gasteiger partial charge in [-0.05, 0) is 31.4 Å². The molecule has 0 amide bonds. The summed E-state index contributed by atoms with van der Waals surface area (Å²) in [5.41, 5.74) is 7.64. The van der Waals surface area contributed by atoms with E-state index in [0.29, 0.717) is 17.8 Å². The predicted octanol–water partition coefficient (Wildman–Crippen LogP) is 1.67. The van der Waals surface area contributed by atoms with Crippen LogP contribution in [0.2, 0.25) is 0 Å². The average molecular weight is 300 g/mol. The van der Waals surface area contributed by atoms with Crippen LogP contribution in [-0.4, -0.2) is 37.5 Å². The van der Waals surface area contributed by atoms with Crippen molar-refractivity contribution in [1.82, 2.24) is 4.31 Å². The molecule has 0 aromatic heterocycles. The first-order valence-corrected chi connectivity index (χ1v) is 8.27. The van der Waals surface area contributed by atoms with Crippen molar-refractivity contribution in [2.24, 2.45) is 0 Å². The number of benzene rings is 1. The summed E-state index contributed by atoms with van der Waals surface area (Å²) in [6.45, 7) is 5.81. The van der Waals surface area contributed by atoms with E-state index in [1.807, 2.05) is 13.0 Å². The molecule has 6 heteroatoms. The maximum absolute atomic E-state index is 12.8. The van der Waals surface area contributed by atoms with Crippen LogP contribution < -0.4 is 5.73 Å². The van der Waals surface area contributed by atoms with Crippen molar-refractivity contribution in [1.29, 1.82) is 0 Å². The van der Waals surface area contributed by atoms with E-state index in [1.54, 1.807) is 19.9 Å². The molecule has 0 unspecified atom stereocenters. The number of aliphatic hydroxyl groups excluding tert-OH is 1. The summed E-state index contributed by atoms with van der Waals surface area (Å²) in [7, 11) is -3.67. The van der Waals surface area contributed by atoms with Gasteiger partial charge in [-0.1, -0.05) is 25.5 Å². The number of aryl methyl sites for hydroxylation is 2. The van der Waals surface area contributed by atoms with Gasteiger partial charge in [-0.25, -0.2) is 8.42 Å². The standard InChI is InChI=1S/C14H24N2O3S/c1-4-5-8-16(9-10-17)20(18,19)14-12(3)7-6-11(2)13(14)15/h6-7,17H,4-5,8-10,15H2,1-3H3. The van der Waals surface area contributed by atoms with Crippen molar-refractivity contribution in [2.45, 2.75) is 38.5 Å². The minimum Gasteiger partial charge on any atom is -0.397 e. The lowest BCUT2D eigenvalue weighted by molar-refractivity contribution is 0.252. The molecular weight excluding hydrogens is 276 g/mol. The van der Waals surface area contributed by atoms with Crippen molar-refractivity contribution in [2.75, 3.05) is 25.4 Å². The molecule has 5 nitrogen and oxygen atoms in total. The van der Waals surface area contributed by atoms with E-state index in [-0.39, 0.29) is 18.0 Å². The highest BCUT2D eigenvalue weighted by Gasteiger charge is 2.28. The molecule has 0 spiro atoms. The second-order valence-corrected chi connectivity index (χ2v) is 6.80. The van der Waals surface area contributed by atoms with E-state index in [0.717, 1.165) is 18.4 Å². The number of hydrogen-bond donors (Lipinski definition) is 2. The smallest absolute Gasteiger partial charge is 0.245 e. The fraction of sp³-hybridized carbons (Fsp3) is 0.571. The van der Waals surface area contributed by atoms with E-state index in [4.69, 9.17) is 10.8 Å². The molecule has 0 saturated carbocycles. The fourth-order valence-electron chi connectivity index (χ4n) is 2.08. The molecule has 114 valence electrons. The Balaban J connectivity index is 3.29. The van der Waals surface area contributed by atoms with Crippen LogP contribution in [0.3, 0.4) is 0 Å². The van der Waals surface area contributed by atoms with Crippen LogP contribution >= 0.6 is 0 Å². The largest absolute Gasteiger partial charge is 0.397 e. The third-order valence-corrected chi connectivity index (χ3v) is 5.42. The molecule has 1 aromatic rings. The Hall–Kier alpha value is -1.11. The summed E-state index contributed by atoms with van der Waals surface area (Å²) in [4.78, 5) is 0.169. The van der Waals surface area contributed by atoms with E-state index in [2.05, 4.69) is 0 Å². The molecule has 0 aliphatic heterocycles. The number of aliphatic hydroxyl groups is 1. The second kappa shape index (κ2) is 7.06. The Bertz CT molecular complexity index is 556. The Morgan fingerprint density at radius 1 is 1.20 bits per heavy atom. The molecule has 1 aromatic carbocycles. The van der Waals surface area contributed by atoms with Gasteiger partial charge in [0.2, 0.25) is 10.0 Å². The number of anilines is 1. The number of rotatable bonds is 7. The van der Waals surface area contributed by atoms with Crippen molar-refractivity contribution < 1.29 is 13.5 Å². The first-order chi connectivity index (χ1) is 9.36. The van der Waals surface area contributed by atoms with Crippen LogP contribution in [0.5, 0.6) is 0 Å². The van der Waals surface area contributed by atoms with Crippen LogP contribution in [0, 0.1) is 13.8 Å². The average Bonchev–Trinajstić information content (AvgIpc) is 2.39. The molecule has 0 bridgehead atoms. The third kappa shape index (κ3) is 3.50. The summed E-state index contributed by atoms with van der Waals surface area (Å²) >= 11 is 0. The Morgan fingerprint density at radius 3 is 2.35 bits per heavy atom. The summed E-state index contributed by atoms with van der Waals surface area (Å²) in [5.74, 6) is 0. The Morgan fingerprint density at radius 2 is 1.80 bits per heavy atom. The third-order valence-electron chi connectivity index (χ3n) is 3.32. The van der Waals surface area contributed by atoms with Gasteiger partial charge in [0, 0.05) is 13.1 Å². The zero-order valence-corrected chi connectivity index (χ0v) is 13.2. The first kappa shape index (κ1) is 16.9. The van der Waals surface area contributed by atoms with Gasteiger partial charge in [0.25, 0.3) is 0 Å². The SMILES string of the molecule is CCCCN(CCO)S(=O)(=O)c1c(C)ccc(C)c1N. The summed E-state index contributed by atoms with van der Waals surface area (Å²) < 4.78 is 26.8. The molecule has 0 fully saturated rings. The Kier molecular flexibility index (Phi) is 5.98. The maximum Gasteiger partial charge on any atom is 0.245 e. The summed E-state index contributed by atoms with van der Waals surface area (Å²) in [5, 5.41) is 9.10. The van der Waals surface area contributed by atoms with Crippen molar-refractivity contribution in [3.05, 3.63) is 23.3 Å². The normalized spacial score (nSPS) is 12.1. The first-order valence-electron chi connectivity index (χ1n) is 6.83. The topological polar surface area (TPSA) is 83.6 Å². The van der Waals surface area contributed by atoms with Gasteiger partial charge in [-0.2, -0.15) is 4.31 Å². The lowest BCUT2D eigenvalue weighted by Gasteiger charge is -2.23. The van der Waals surface area contributed by atoms with Gasteiger partial charge in [-0.3, -0.25) is 0 Å². The van der Waals surface area contributed by atoms with Gasteiger partial charge < -0.3 is 10.8 Å². The number of sulfonamides is 1. The van der Waals surface area contributed by atoms with Crippen LogP contribution in [0.1, 0.15) is 30.9 Å². The molecule has 0 heterocycles. The van der Waals surface area contributed by atoms with Crippen molar-refractivity contribution >= 4 is 15.7 Å². The highest BCUT2D eigenvalue weighted by atomic mass is 32.2. The van der Waals surface area contributed by atoms with Crippen molar-refractivity contribution in [3.8, 4) is 0 Å². The lowest BCUT2D eigenvalue weighted by atomic mass is 10.1. The van der Waals surface area contributed by atoms with Gasteiger partial charge in [-0.15, -0.1) is 0 Å². The number of unbranched alkanes of at least 4 members (excludes halogenated alkanes) is 1. The minimum absolute atomic E-state index is 0.0924. The summed E-state index contributed by atoms with van der Waals surface area (Å²) in [6, 6.07) is 3.57. The maximum atomic E-state index is 12.8. The monoisotopic (exact) mass is 300 g/mol. The number of nitrogen functional groups attached to an aromatic ring is 1. The van der Waals surface area contributed by atoms with Crippen LogP contribution in [0.15, 0.2) is 17.0 Å². The number of nitrogens with zero attached hydrogens (tertiary/aromatic N) is 1. The molecule has 20 heavy (non-hydrogen) atoms. The van der Waals surface area contributed by atoms with Crippen LogP contribution in [-0.2, 0) is 10.0 Å². The van der Waals surface area contributed by atoms with Crippen LogP contribution in [0.4, 0.5) is 5.69 Å². The van der Waals surface area contributed by atoms with Crippen molar-refractivity contribution in [3.63, 3.8) is 0 Å². The van der Waals surface area contributed by atoms with Gasteiger partial charge in [0.05, 0.1) is 12.3 Å². The van der Waals surface area contributed by atoms with Gasteiger partial charge in [0.15, 0.2) is 0 Å². The second-order valence-electron chi connectivity index (χ2n) is 4.92. The number of hydrogen-bond acceptors (Lipinski definition) is 4. The molecule has 0 radical (unpaired) electrons. The Labute approximate surface area is 121 Å². The zero-order chi connectivity index (χ0) is 15.3. The van der Waals surface area contributed by atoms with E-state index >= 15 is 0 Å². The summed E-state index contributed by atoms with van der Waals surface area (Å²) in [6.07, 6.45) is 1.64.